The number of nitrogens with zero attached hydrogens (tertiary/aromatic N) is 4. The predicted molar refractivity (Wildman–Crippen MR) is 115 cm³/mol. The molecule has 0 spiro atoms. The number of anilines is 1. The molecule has 1 fully saturated rings. The molecule has 3 N–H and O–H groups in total. The van der Waals surface area contributed by atoms with E-state index in [0.717, 1.165) is 22.5 Å². The van der Waals surface area contributed by atoms with E-state index in [9.17, 15) is 10.2 Å². The molecule has 5 rings (SSSR count). The lowest BCUT2D eigenvalue weighted by Crippen LogP contribution is -2.35. The van der Waals surface area contributed by atoms with E-state index >= 15 is 0 Å². The Hall–Kier alpha value is -3.29. The average Bonchev–Trinajstić information content (AvgIpc) is 3.32. The Labute approximate surface area is 174 Å². The van der Waals surface area contributed by atoms with Crippen molar-refractivity contribution in [1.82, 2.24) is 19.6 Å². The number of hydrogen-bond acceptors (Lipinski definition) is 6. The van der Waals surface area contributed by atoms with Gasteiger partial charge >= 0.3 is 0 Å². The number of hydrogen-bond donors (Lipinski definition) is 3. The van der Waals surface area contributed by atoms with Crippen LogP contribution in [-0.4, -0.2) is 48.0 Å². The number of nitrogens with one attached hydrogen (secondary N) is 1. The molecule has 4 atom stereocenters. The Morgan fingerprint density at radius 2 is 1.73 bits per heavy atom. The zero-order chi connectivity index (χ0) is 20.7. The van der Waals surface area contributed by atoms with E-state index in [2.05, 4.69) is 28.3 Å². The normalized spacial score (nSPS) is 23.7. The van der Waals surface area contributed by atoms with Crippen LogP contribution in [0.3, 0.4) is 0 Å². The lowest BCUT2D eigenvalue weighted by Gasteiger charge is -2.19. The molecule has 7 nitrogen and oxygen atoms in total. The molecule has 1 aliphatic rings. The van der Waals surface area contributed by atoms with Gasteiger partial charge in [-0.15, -0.1) is 0 Å². The molecule has 1 aliphatic carbocycles. The SMILES string of the molecule is [CH2][C@@H]1C[C@@H](Nc2ccnc3cc(-c4cccc(-c5ccccn5)c4)nn23)[C@H](O)[C@@H]1O. The Bertz CT molecular complexity index is 1180. The molecule has 1 aromatic carbocycles. The van der Waals surface area contributed by atoms with Gasteiger partial charge in [0.05, 0.1) is 23.5 Å². The van der Waals surface area contributed by atoms with Crippen molar-refractivity contribution in [2.45, 2.75) is 24.7 Å². The van der Waals surface area contributed by atoms with Gasteiger partial charge < -0.3 is 15.5 Å². The molecular formula is C23H22N5O2. The monoisotopic (exact) mass is 400 g/mol. The molecule has 0 amide bonds. The van der Waals surface area contributed by atoms with E-state index in [4.69, 9.17) is 5.10 Å². The van der Waals surface area contributed by atoms with E-state index < -0.39 is 12.2 Å². The Morgan fingerprint density at radius 3 is 2.47 bits per heavy atom. The van der Waals surface area contributed by atoms with Crippen molar-refractivity contribution in [3.8, 4) is 22.5 Å². The first-order valence-electron chi connectivity index (χ1n) is 9.92. The largest absolute Gasteiger partial charge is 0.390 e. The van der Waals surface area contributed by atoms with Crippen LogP contribution in [-0.2, 0) is 0 Å². The van der Waals surface area contributed by atoms with Crippen LogP contribution < -0.4 is 5.32 Å². The molecule has 0 aliphatic heterocycles. The molecule has 0 saturated heterocycles. The molecule has 0 bridgehead atoms. The number of pyridine rings is 1. The van der Waals surface area contributed by atoms with Gasteiger partial charge in [0, 0.05) is 29.6 Å². The lowest BCUT2D eigenvalue weighted by atomic mass is 10.1. The number of fused-ring (bicyclic) bond motifs is 1. The van der Waals surface area contributed by atoms with E-state index in [1.165, 1.54) is 0 Å². The molecule has 3 aromatic heterocycles. The molecule has 151 valence electrons. The Morgan fingerprint density at radius 1 is 0.900 bits per heavy atom. The number of benzene rings is 1. The van der Waals surface area contributed by atoms with Gasteiger partial charge in [-0.2, -0.15) is 9.61 Å². The molecular weight excluding hydrogens is 378 g/mol. The van der Waals surface area contributed by atoms with Gasteiger partial charge in [0.15, 0.2) is 5.65 Å². The first-order valence-corrected chi connectivity index (χ1v) is 9.92. The van der Waals surface area contributed by atoms with Crippen molar-refractivity contribution < 1.29 is 10.2 Å². The maximum absolute atomic E-state index is 10.3. The number of rotatable bonds is 4. The van der Waals surface area contributed by atoms with E-state index in [-0.39, 0.29) is 12.0 Å². The third kappa shape index (κ3) is 3.32. The maximum atomic E-state index is 10.3. The summed E-state index contributed by atoms with van der Waals surface area (Å²) in [7, 11) is 0. The molecule has 30 heavy (non-hydrogen) atoms. The van der Waals surface area contributed by atoms with Gasteiger partial charge in [-0.25, -0.2) is 4.98 Å². The number of aliphatic hydroxyl groups excluding tert-OH is 2. The summed E-state index contributed by atoms with van der Waals surface area (Å²) in [6, 6.07) is 17.3. The zero-order valence-electron chi connectivity index (χ0n) is 16.3. The van der Waals surface area contributed by atoms with Crippen LogP contribution in [0.1, 0.15) is 6.42 Å². The quantitative estimate of drug-likeness (QED) is 0.488. The molecule has 7 heteroatoms. The highest BCUT2D eigenvalue weighted by molar-refractivity contribution is 5.71. The van der Waals surface area contributed by atoms with Crippen LogP contribution in [0.2, 0.25) is 0 Å². The van der Waals surface area contributed by atoms with Crippen LogP contribution in [0.15, 0.2) is 67.0 Å². The Kier molecular flexibility index (Phi) is 4.69. The van der Waals surface area contributed by atoms with Crippen LogP contribution in [0.5, 0.6) is 0 Å². The molecule has 1 radical (unpaired) electrons. The van der Waals surface area contributed by atoms with Crippen molar-refractivity contribution in [3.63, 3.8) is 0 Å². The summed E-state index contributed by atoms with van der Waals surface area (Å²) < 4.78 is 1.72. The standard InChI is InChI=1S/C23H22N5O2/c1-14-11-19(23(30)22(14)29)26-20-8-10-25-21-13-18(27-28(20)21)16-6-4-5-15(12-16)17-7-2-3-9-24-17/h2-10,12-14,19,22-23,26,29-30H,1,11H2/t14-,19-,22-,23+/m1/s1. The van der Waals surface area contributed by atoms with Crippen LogP contribution in [0, 0.1) is 12.8 Å². The maximum Gasteiger partial charge on any atom is 0.157 e. The first kappa shape index (κ1) is 18.7. The average molecular weight is 400 g/mol. The van der Waals surface area contributed by atoms with Crippen molar-refractivity contribution >= 4 is 11.5 Å². The fourth-order valence-electron chi connectivity index (χ4n) is 3.97. The van der Waals surface area contributed by atoms with Crippen molar-refractivity contribution in [2.75, 3.05) is 5.32 Å². The van der Waals surface area contributed by atoms with E-state index in [1.807, 2.05) is 48.5 Å². The first-order chi connectivity index (χ1) is 14.6. The highest BCUT2D eigenvalue weighted by atomic mass is 16.3. The van der Waals surface area contributed by atoms with Crippen molar-refractivity contribution in [1.29, 1.82) is 0 Å². The zero-order valence-corrected chi connectivity index (χ0v) is 16.3. The molecule has 0 unspecified atom stereocenters. The van der Waals surface area contributed by atoms with Crippen LogP contribution >= 0.6 is 0 Å². The van der Waals surface area contributed by atoms with Gasteiger partial charge in [-0.3, -0.25) is 4.98 Å². The van der Waals surface area contributed by atoms with Gasteiger partial charge in [-0.05, 0) is 43.5 Å². The second-order valence-corrected chi connectivity index (χ2v) is 7.65. The highest BCUT2D eigenvalue weighted by Gasteiger charge is 2.39. The summed E-state index contributed by atoms with van der Waals surface area (Å²) in [4.78, 5) is 8.84. The minimum absolute atomic E-state index is 0.211. The predicted octanol–water partition coefficient (Wildman–Crippen LogP) is 2.81. The summed E-state index contributed by atoms with van der Waals surface area (Å²) >= 11 is 0. The lowest BCUT2D eigenvalue weighted by molar-refractivity contribution is 0.0256. The number of aliphatic hydroxyl groups is 2. The third-order valence-corrected chi connectivity index (χ3v) is 5.61. The van der Waals surface area contributed by atoms with Gasteiger partial charge in [0.25, 0.3) is 0 Å². The van der Waals surface area contributed by atoms with Crippen LogP contribution in [0.25, 0.3) is 28.2 Å². The fourth-order valence-corrected chi connectivity index (χ4v) is 3.97. The van der Waals surface area contributed by atoms with Gasteiger partial charge in [0.2, 0.25) is 0 Å². The summed E-state index contributed by atoms with van der Waals surface area (Å²) in [6.45, 7) is 3.91. The summed E-state index contributed by atoms with van der Waals surface area (Å²) in [5.74, 6) is 0.495. The van der Waals surface area contributed by atoms with E-state index in [1.54, 1.807) is 16.9 Å². The second-order valence-electron chi connectivity index (χ2n) is 7.65. The number of aromatic nitrogens is 4. The molecule has 1 saturated carbocycles. The summed E-state index contributed by atoms with van der Waals surface area (Å²) in [5.41, 5.74) is 4.36. The minimum atomic E-state index is -0.874. The minimum Gasteiger partial charge on any atom is -0.390 e. The molecule has 4 aromatic rings. The smallest absolute Gasteiger partial charge is 0.157 e. The Balaban J connectivity index is 1.49. The van der Waals surface area contributed by atoms with Crippen LogP contribution in [0.4, 0.5) is 5.82 Å². The fraction of sp³-hybridized carbons (Fsp3) is 0.217. The van der Waals surface area contributed by atoms with Crippen molar-refractivity contribution in [3.05, 3.63) is 73.9 Å². The topological polar surface area (TPSA) is 95.6 Å². The highest BCUT2D eigenvalue weighted by Crippen LogP contribution is 2.30. The summed E-state index contributed by atoms with van der Waals surface area (Å²) in [6.07, 6.45) is 2.35. The van der Waals surface area contributed by atoms with Gasteiger partial charge in [0.1, 0.15) is 11.9 Å². The summed E-state index contributed by atoms with van der Waals surface area (Å²) in [5, 5.41) is 28.3. The third-order valence-electron chi connectivity index (χ3n) is 5.61. The molecule has 3 heterocycles. The van der Waals surface area contributed by atoms with E-state index in [0.29, 0.717) is 17.9 Å². The van der Waals surface area contributed by atoms with Crippen molar-refractivity contribution in [2.24, 2.45) is 5.92 Å². The van der Waals surface area contributed by atoms with Gasteiger partial charge in [-0.1, -0.05) is 24.3 Å². The second kappa shape index (κ2) is 7.51.